The molecule has 1 aromatic heterocycles. The van der Waals surface area contributed by atoms with E-state index in [9.17, 15) is 9.59 Å². The summed E-state index contributed by atoms with van der Waals surface area (Å²) in [5.74, 6) is -0.353. The molecule has 1 amide bonds. The molecule has 2 rings (SSSR count). The quantitative estimate of drug-likeness (QED) is 0.424. The van der Waals surface area contributed by atoms with Gasteiger partial charge in [0.05, 0.1) is 35.2 Å². The fourth-order valence-electron chi connectivity index (χ4n) is 2.77. The third-order valence-electron chi connectivity index (χ3n) is 4.28. The smallest absolute Gasteiger partial charge is 0.340 e. The van der Waals surface area contributed by atoms with Crippen molar-refractivity contribution in [3.63, 3.8) is 0 Å². The number of ether oxygens (including phenoxy) is 2. The highest BCUT2D eigenvalue weighted by molar-refractivity contribution is 6.03. The number of nitriles is 1. The maximum atomic E-state index is 12.3. The van der Waals surface area contributed by atoms with Gasteiger partial charge in [-0.15, -0.1) is 0 Å². The SMILES string of the molecule is CCOC(=O)c1c(C)[nH]c(/C(C)=N/NC(=O)C(C)Oc2ccc(C#N)cc2)c1C. The Morgan fingerprint density at radius 2 is 1.93 bits per heavy atom. The highest BCUT2D eigenvalue weighted by atomic mass is 16.5. The lowest BCUT2D eigenvalue weighted by atomic mass is 10.1. The van der Waals surface area contributed by atoms with Gasteiger partial charge in [-0.2, -0.15) is 10.4 Å². The van der Waals surface area contributed by atoms with Crippen molar-refractivity contribution in [3.8, 4) is 11.8 Å². The Balaban J connectivity index is 2.06. The second kappa shape index (κ2) is 9.55. The Hall–Kier alpha value is -3.60. The van der Waals surface area contributed by atoms with E-state index in [4.69, 9.17) is 14.7 Å². The lowest BCUT2D eigenvalue weighted by molar-refractivity contribution is -0.127. The van der Waals surface area contributed by atoms with Gasteiger partial charge < -0.3 is 14.5 Å². The molecule has 0 aliphatic heterocycles. The number of H-pyrrole nitrogens is 1. The Kier molecular flexibility index (Phi) is 7.15. The van der Waals surface area contributed by atoms with Gasteiger partial charge in [-0.05, 0) is 64.4 Å². The highest BCUT2D eigenvalue weighted by Crippen LogP contribution is 2.20. The van der Waals surface area contributed by atoms with E-state index in [1.165, 1.54) is 0 Å². The molecule has 0 saturated carbocycles. The fourth-order valence-corrected chi connectivity index (χ4v) is 2.77. The number of esters is 1. The topological polar surface area (TPSA) is 117 Å². The number of aryl methyl sites for hydroxylation is 1. The summed E-state index contributed by atoms with van der Waals surface area (Å²) >= 11 is 0. The van der Waals surface area contributed by atoms with E-state index < -0.39 is 18.0 Å². The first-order valence-corrected chi connectivity index (χ1v) is 9.16. The first-order valence-electron chi connectivity index (χ1n) is 9.16. The van der Waals surface area contributed by atoms with Crippen molar-refractivity contribution in [3.05, 3.63) is 52.3 Å². The largest absolute Gasteiger partial charge is 0.481 e. The van der Waals surface area contributed by atoms with Crippen LogP contribution in [0.15, 0.2) is 29.4 Å². The molecule has 2 aromatic rings. The molecule has 1 aromatic carbocycles. The Morgan fingerprint density at radius 3 is 2.52 bits per heavy atom. The number of nitrogens with zero attached hydrogens (tertiary/aromatic N) is 2. The summed E-state index contributed by atoms with van der Waals surface area (Å²) in [6, 6.07) is 8.49. The van der Waals surface area contributed by atoms with Gasteiger partial charge in [0.25, 0.3) is 5.91 Å². The van der Waals surface area contributed by atoms with Crippen LogP contribution in [0.25, 0.3) is 0 Å². The first kappa shape index (κ1) is 21.7. The van der Waals surface area contributed by atoms with Crippen molar-refractivity contribution in [1.82, 2.24) is 10.4 Å². The Labute approximate surface area is 169 Å². The van der Waals surface area contributed by atoms with Crippen LogP contribution in [0, 0.1) is 25.2 Å². The monoisotopic (exact) mass is 396 g/mol. The van der Waals surface area contributed by atoms with Crippen LogP contribution in [0.1, 0.15) is 53.6 Å². The van der Waals surface area contributed by atoms with Crippen LogP contribution < -0.4 is 10.2 Å². The molecule has 0 spiro atoms. The molecular formula is C21H24N4O4. The minimum absolute atomic E-state index is 0.290. The van der Waals surface area contributed by atoms with E-state index in [0.717, 1.165) is 0 Å². The van der Waals surface area contributed by atoms with E-state index in [2.05, 4.69) is 15.5 Å². The number of nitrogens with one attached hydrogen (secondary N) is 2. The normalized spacial score (nSPS) is 12.1. The predicted octanol–water partition coefficient (Wildman–Crippen LogP) is 2.99. The van der Waals surface area contributed by atoms with Crippen LogP contribution in [0.3, 0.4) is 0 Å². The van der Waals surface area contributed by atoms with Crippen molar-refractivity contribution in [2.45, 2.75) is 40.7 Å². The van der Waals surface area contributed by atoms with E-state index >= 15 is 0 Å². The zero-order valence-corrected chi connectivity index (χ0v) is 17.1. The number of amides is 1. The van der Waals surface area contributed by atoms with Crippen LogP contribution in [-0.4, -0.2) is 35.3 Å². The number of rotatable bonds is 7. The second-order valence-electron chi connectivity index (χ2n) is 6.41. The molecular weight excluding hydrogens is 372 g/mol. The Bertz CT molecular complexity index is 968. The third kappa shape index (κ3) is 5.23. The summed E-state index contributed by atoms with van der Waals surface area (Å²) in [6.07, 6.45) is -0.791. The molecule has 29 heavy (non-hydrogen) atoms. The zero-order chi connectivity index (χ0) is 21.6. The summed E-state index contributed by atoms with van der Waals surface area (Å²) in [5, 5.41) is 12.9. The summed E-state index contributed by atoms with van der Waals surface area (Å²) < 4.78 is 10.6. The minimum Gasteiger partial charge on any atom is -0.481 e. The van der Waals surface area contributed by atoms with Crippen molar-refractivity contribution < 1.29 is 19.1 Å². The Morgan fingerprint density at radius 1 is 1.28 bits per heavy atom. The van der Waals surface area contributed by atoms with E-state index in [1.807, 2.05) is 6.07 Å². The predicted molar refractivity (Wildman–Crippen MR) is 108 cm³/mol. The van der Waals surface area contributed by atoms with Gasteiger partial charge in [0.2, 0.25) is 0 Å². The number of aromatic nitrogens is 1. The van der Waals surface area contributed by atoms with Crippen LogP contribution in [-0.2, 0) is 9.53 Å². The number of hydrazone groups is 1. The minimum atomic E-state index is -0.791. The van der Waals surface area contributed by atoms with E-state index in [0.29, 0.717) is 46.1 Å². The number of aromatic amines is 1. The zero-order valence-electron chi connectivity index (χ0n) is 17.1. The lowest BCUT2D eigenvalue weighted by Gasteiger charge is -2.13. The van der Waals surface area contributed by atoms with Crippen molar-refractivity contribution >= 4 is 17.6 Å². The lowest BCUT2D eigenvalue weighted by Crippen LogP contribution is -2.34. The molecule has 0 aliphatic rings. The summed E-state index contributed by atoms with van der Waals surface area (Å²) in [6.45, 7) is 8.93. The van der Waals surface area contributed by atoms with Crippen molar-refractivity contribution in [2.24, 2.45) is 5.10 Å². The van der Waals surface area contributed by atoms with Crippen LogP contribution in [0.4, 0.5) is 0 Å². The molecule has 0 radical (unpaired) electrons. The molecule has 1 atom stereocenters. The average molecular weight is 396 g/mol. The second-order valence-corrected chi connectivity index (χ2v) is 6.41. The molecule has 2 N–H and O–H groups in total. The molecule has 1 unspecified atom stereocenters. The number of benzene rings is 1. The summed E-state index contributed by atoms with van der Waals surface area (Å²) in [7, 11) is 0. The number of carbonyl (C=O) groups excluding carboxylic acids is 2. The molecule has 0 saturated heterocycles. The molecule has 0 aliphatic carbocycles. The number of carbonyl (C=O) groups is 2. The molecule has 152 valence electrons. The molecule has 1 heterocycles. The van der Waals surface area contributed by atoms with E-state index in [1.54, 1.807) is 58.9 Å². The molecule has 8 heteroatoms. The van der Waals surface area contributed by atoms with Gasteiger partial charge in [-0.3, -0.25) is 4.79 Å². The van der Waals surface area contributed by atoms with Gasteiger partial charge in [0, 0.05) is 5.69 Å². The third-order valence-corrected chi connectivity index (χ3v) is 4.28. The van der Waals surface area contributed by atoms with Crippen LogP contribution in [0.2, 0.25) is 0 Å². The summed E-state index contributed by atoms with van der Waals surface area (Å²) in [5.41, 5.74) is 5.99. The summed E-state index contributed by atoms with van der Waals surface area (Å²) in [4.78, 5) is 27.5. The highest BCUT2D eigenvalue weighted by Gasteiger charge is 2.21. The van der Waals surface area contributed by atoms with Crippen molar-refractivity contribution in [1.29, 1.82) is 5.26 Å². The van der Waals surface area contributed by atoms with Gasteiger partial charge in [-0.1, -0.05) is 0 Å². The molecule has 0 bridgehead atoms. The maximum absolute atomic E-state index is 12.3. The van der Waals surface area contributed by atoms with Gasteiger partial charge in [0.1, 0.15) is 5.75 Å². The van der Waals surface area contributed by atoms with E-state index in [-0.39, 0.29) is 0 Å². The van der Waals surface area contributed by atoms with Crippen LogP contribution in [0.5, 0.6) is 5.75 Å². The maximum Gasteiger partial charge on any atom is 0.340 e. The van der Waals surface area contributed by atoms with Gasteiger partial charge in [0.15, 0.2) is 6.10 Å². The van der Waals surface area contributed by atoms with Crippen LogP contribution >= 0.6 is 0 Å². The molecule has 8 nitrogen and oxygen atoms in total. The molecule has 0 fully saturated rings. The number of hydrogen-bond donors (Lipinski definition) is 2. The standard InChI is InChI=1S/C21H24N4O4/c1-6-28-21(27)18-12(2)19(23-13(18)3)14(4)24-25-20(26)15(5)29-17-9-7-16(11-22)8-10-17/h7-10,15,23H,6H2,1-5H3,(H,25,26)/b24-14+. The van der Waals surface area contributed by atoms with Gasteiger partial charge in [-0.25, -0.2) is 10.2 Å². The van der Waals surface area contributed by atoms with Crippen molar-refractivity contribution in [2.75, 3.05) is 6.61 Å². The average Bonchev–Trinajstić information content (AvgIpc) is 3.00. The fraction of sp³-hybridized carbons (Fsp3) is 0.333. The van der Waals surface area contributed by atoms with Gasteiger partial charge >= 0.3 is 5.97 Å². The number of hydrogen-bond acceptors (Lipinski definition) is 6. The first-order chi connectivity index (χ1) is 13.8.